The molecule has 110 valence electrons. The molecule has 2 rings (SSSR count). The maximum atomic E-state index is 12.5. The Morgan fingerprint density at radius 2 is 2.24 bits per heavy atom. The summed E-state index contributed by atoms with van der Waals surface area (Å²) in [6, 6.07) is 6.12. The Labute approximate surface area is 123 Å². The summed E-state index contributed by atoms with van der Waals surface area (Å²) in [6.07, 6.45) is 3.78. The average molecular weight is 304 g/mol. The maximum Gasteiger partial charge on any atom is 0.241 e. The Balaban J connectivity index is 2.36. The van der Waals surface area contributed by atoms with E-state index in [4.69, 9.17) is 5.26 Å². The largest absolute Gasteiger partial charge is 0.347 e. The highest BCUT2D eigenvalue weighted by Gasteiger charge is 2.23. The number of nitrogens with one attached hydrogen (secondary N) is 2. The second-order valence-corrected chi connectivity index (χ2v) is 6.33. The summed E-state index contributed by atoms with van der Waals surface area (Å²) in [7, 11) is -3.72. The van der Waals surface area contributed by atoms with Crippen LogP contribution in [-0.4, -0.2) is 18.4 Å². The van der Waals surface area contributed by atoms with Gasteiger partial charge in [0, 0.05) is 12.4 Å². The van der Waals surface area contributed by atoms with E-state index in [0.29, 0.717) is 23.4 Å². The Morgan fingerprint density at radius 3 is 2.81 bits per heavy atom. The molecule has 1 atom stereocenters. The molecule has 0 bridgehead atoms. The number of nitrogens with zero attached hydrogens (tertiary/aromatic N) is 2. The van der Waals surface area contributed by atoms with Gasteiger partial charge >= 0.3 is 0 Å². The van der Waals surface area contributed by atoms with Crippen molar-refractivity contribution in [1.29, 1.82) is 5.26 Å². The zero-order chi connectivity index (χ0) is 15.5. The number of aromatic amines is 1. The van der Waals surface area contributed by atoms with Crippen LogP contribution >= 0.6 is 0 Å². The molecule has 2 aromatic rings. The normalized spacial score (nSPS) is 12.8. The number of sulfonamides is 1. The summed E-state index contributed by atoms with van der Waals surface area (Å²) < 4.78 is 27.7. The molecule has 0 aliphatic rings. The molecule has 1 aromatic heterocycles. The van der Waals surface area contributed by atoms with Crippen molar-refractivity contribution in [1.82, 2.24) is 14.7 Å². The van der Waals surface area contributed by atoms with Crippen molar-refractivity contribution >= 4 is 10.0 Å². The van der Waals surface area contributed by atoms with Crippen LogP contribution in [0.1, 0.15) is 36.3 Å². The Kier molecular flexibility index (Phi) is 4.40. The quantitative estimate of drug-likeness (QED) is 0.882. The fraction of sp³-hybridized carbons (Fsp3) is 0.286. The summed E-state index contributed by atoms with van der Waals surface area (Å²) in [5, 5.41) is 8.92. The van der Waals surface area contributed by atoms with Crippen molar-refractivity contribution in [2.24, 2.45) is 0 Å². The maximum absolute atomic E-state index is 12.5. The van der Waals surface area contributed by atoms with Crippen molar-refractivity contribution in [2.75, 3.05) is 0 Å². The molecule has 1 unspecified atom stereocenters. The zero-order valence-electron chi connectivity index (χ0n) is 11.8. The van der Waals surface area contributed by atoms with E-state index in [2.05, 4.69) is 14.7 Å². The minimum atomic E-state index is -3.72. The lowest BCUT2D eigenvalue weighted by atomic mass is 10.2. The van der Waals surface area contributed by atoms with E-state index >= 15 is 0 Å². The highest BCUT2D eigenvalue weighted by molar-refractivity contribution is 7.89. The third kappa shape index (κ3) is 3.29. The first-order valence-electron chi connectivity index (χ1n) is 6.50. The van der Waals surface area contributed by atoms with Crippen molar-refractivity contribution in [3.63, 3.8) is 0 Å². The van der Waals surface area contributed by atoms with Crippen LogP contribution in [-0.2, 0) is 10.0 Å². The van der Waals surface area contributed by atoms with Gasteiger partial charge in [-0.15, -0.1) is 0 Å². The van der Waals surface area contributed by atoms with Crippen molar-refractivity contribution in [2.45, 2.75) is 31.2 Å². The number of rotatable bonds is 5. The molecule has 0 spiro atoms. The topological polar surface area (TPSA) is 98.6 Å². The third-order valence-electron chi connectivity index (χ3n) is 3.16. The zero-order valence-corrected chi connectivity index (χ0v) is 12.6. The Hall–Kier alpha value is -2.17. The number of imidazole rings is 1. The van der Waals surface area contributed by atoms with E-state index in [0.717, 1.165) is 0 Å². The number of hydrogen-bond acceptors (Lipinski definition) is 4. The van der Waals surface area contributed by atoms with E-state index in [-0.39, 0.29) is 4.90 Å². The molecule has 0 saturated heterocycles. The van der Waals surface area contributed by atoms with Crippen LogP contribution in [0.15, 0.2) is 35.5 Å². The minimum Gasteiger partial charge on any atom is -0.347 e. The van der Waals surface area contributed by atoms with E-state index < -0.39 is 16.1 Å². The SMILES string of the molecule is CCC(NS(=O)(=O)c1cc(C#N)ccc1C)c1ncc[nH]1. The molecular weight excluding hydrogens is 288 g/mol. The van der Waals surface area contributed by atoms with Gasteiger partial charge in [0.25, 0.3) is 0 Å². The predicted molar refractivity (Wildman–Crippen MR) is 77.8 cm³/mol. The molecule has 0 fully saturated rings. The first kappa shape index (κ1) is 15.2. The van der Waals surface area contributed by atoms with E-state index in [1.54, 1.807) is 31.5 Å². The molecule has 21 heavy (non-hydrogen) atoms. The van der Waals surface area contributed by atoms with Crippen molar-refractivity contribution < 1.29 is 8.42 Å². The summed E-state index contributed by atoms with van der Waals surface area (Å²) >= 11 is 0. The molecule has 0 radical (unpaired) electrons. The molecule has 0 aliphatic heterocycles. The second kappa shape index (κ2) is 6.08. The lowest BCUT2D eigenvalue weighted by Crippen LogP contribution is -2.29. The molecule has 7 heteroatoms. The number of H-pyrrole nitrogens is 1. The summed E-state index contributed by atoms with van der Waals surface area (Å²) in [6.45, 7) is 3.57. The van der Waals surface area contributed by atoms with Gasteiger partial charge in [0.05, 0.1) is 22.6 Å². The number of aromatic nitrogens is 2. The van der Waals surface area contributed by atoms with Gasteiger partial charge in [0.1, 0.15) is 5.82 Å². The Bertz CT molecular complexity index is 761. The van der Waals surface area contributed by atoms with Gasteiger partial charge < -0.3 is 4.98 Å². The number of nitriles is 1. The molecular formula is C14H16N4O2S. The van der Waals surface area contributed by atoms with Crippen LogP contribution in [0.5, 0.6) is 0 Å². The minimum absolute atomic E-state index is 0.117. The Morgan fingerprint density at radius 1 is 1.48 bits per heavy atom. The van der Waals surface area contributed by atoms with E-state index in [1.165, 1.54) is 6.07 Å². The van der Waals surface area contributed by atoms with Crippen LogP contribution in [0.2, 0.25) is 0 Å². The molecule has 6 nitrogen and oxygen atoms in total. The lowest BCUT2D eigenvalue weighted by molar-refractivity contribution is 0.539. The molecule has 0 saturated carbocycles. The van der Waals surface area contributed by atoms with Crippen LogP contribution in [0.4, 0.5) is 0 Å². The van der Waals surface area contributed by atoms with Gasteiger partial charge in [-0.25, -0.2) is 18.1 Å². The van der Waals surface area contributed by atoms with Crippen molar-refractivity contribution in [3.8, 4) is 6.07 Å². The van der Waals surface area contributed by atoms with Gasteiger partial charge in [-0.05, 0) is 31.0 Å². The number of hydrogen-bond donors (Lipinski definition) is 2. The fourth-order valence-electron chi connectivity index (χ4n) is 2.01. The van der Waals surface area contributed by atoms with Crippen molar-refractivity contribution in [3.05, 3.63) is 47.5 Å². The smallest absolute Gasteiger partial charge is 0.241 e. The molecule has 0 aliphatic carbocycles. The number of aryl methyl sites for hydroxylation is 1. The molecule has 1 heterocycles. The van der Waals surface area contributed by atoms with Crippen LogP contribution < -0.4 is 4.72 Å². The molecule has 1 aromatic carbocycles. The fourth-order valence-corrected chi connectivity index (χ4v) is 3.56. The third-order valence-corrected chi connectivity index (χ3v) is 4.78. The summed E-state index contributed by atoms with van der Waals surface area (Å²) in [5.74, 6) is 0.565. The highest BCUT2D eigenvalue weighted by atomic mass is 32.2. The van der Waals surface area contributed by atoms with Gasteiger partial charge in [0.2, 0.25) is 10.0 Å². The molecule has 0 amide bonds. The first-order valence-corrected chi connectivity index (χ1v) is 7.98. The lowest BCUT2D eigenvalue weighted by Gasteiger charge is -2.16. The first-order chi connectivity index (χ1) is 9.97. The van der Waals surface area contributed by atoms with E-state index in [1.807, 2.05) is 13.0 Å². The summed E-state index contributed by atoms with van der Waals surface area (Å²) in [4.78, 5) is 7.11. The van der Waals surface area contributed by atoms with Crippen LogP contribution in [0, 0.1) is 18.3 Å². The van der Waals surface area contributed by atoms with Gasteiger partial charge in [0.15, 0.2) is 0 Å². The second-order valence-electron chi connectivity index (χ2n) is 4.65. The number of benzene rings is 1. The van der Waals surface area contributed by atoms with Crippen LogP contribution in [0.3, 0.4) is 0 Å². The van der Waals surface area contributed by atoms with E-state index in [9.17, 15) is 8.42 Å². The van der Waals surface area contributed by atoms with Crippen LogP contribution in [0.25, 0.3) is 0 Å². The van der Waals surface area contributed by atoms with Gasteiger partial charge in [-0.3, -0.25) is 0 Å². The molecule has 2 N–H and O–H groups in total. The van der Waals surface area contributed by atoms with Gasteiger partial charge in [-0.1, -0.05) is 13.0 Å². The monoisotopic (exact) mass is 304 g/mol. The predicted octanol–water partition coefficient (Wildman–Crippen LogP) is 2.02. The van der Waals surface area contributed by atoms with Gasteiger partial charge in [-0.2, -0.15) is 5.26 Å². The summed E-state index contributed by atoms with van der Waals surface area (Å²) in [5.41, 5.74) is 0.905. The highest BCUT2D eigenvalue weighted by Crippen LogP contribution is 2.21. The standard InChI is InChI=1S/C14H16N4O2S/c1-3-12(14-16-6-7-17-14)18-21(19,20)13-8-11(9-15)5-4-10(13)2/h4-8,12,18H,3H2,1-2H3,(H,16,17). The average Bonchev–Trinajstić information content (AvgIpc) is 2.99.